The number of benzene rings is 2. The van der Waals surface area contributed by atoms with Gasteiger partial charge >= 0.3 is 0 Å². The number of likely N-dealkylation sites (N-methyl/N-ethyl adjacent to an activating group) is 1. The van der Waals surface area contributed by atoms with E-state index in [1.165, 1.54) is 30.3 Å². The average molecular weight is 395 g/mol. The fraction of sp³-hybridized carbons (Fsp3) is 0.263. The van der Waals surface area contributed by atoms with Crippen LogP contribution in [0, 0.1) is 17.5 Å². The van der Waals surface area contributed by atoms with E-state index < -0.39 is 17.5 Å². The summed E-state index contributed by atoms with van der Waals surface area (Å²) in [5.41, 5.74) is 0.0909. The van der Waals surface area contributed by atoms with Crippen LogP contribution in [0.4, 0.5) is 18.9 Å². The van der Waals surface area contributed by atoms with E-state index in [9.17, 15) is 22.8 Å². The molecule has 2 rings (SSSR count). The van der Waals surface area contributed by atoms with Gasteiger partial charge in [-0.2, -0.15) is 0 Å². The molecule has 28 heavy (non-hydrogen) atoms. The lowest BCUT2D eigenvalue weighted by molar-refractivity contribution is -0.124. The summed E-state index contributed by atoms with van der Waals surface area (Å²) in [6, 6.07) is 8.56. The summed E-state index contributed by atoms with van der Waals surface area (Å²) in [6.45, 7) is 0.459. The van der Waals surface area contributed by atoms with E-state index in [2.05, 4.69) is 10.6 Å². The number of amides is 2. The molecule has 2 aromatic rings. The van der Waals surface area contributed by atoms with Crippen LogP contribution in [0.1, 0.15) is 0 Å². The van der Waals surface area contributed by atoms with Crippen molar-refractivity contribution in [3.05, 3.63) is 59.9 Å². The van der Waals surface area contributed by atoms with Gasteiger partial charge in [0, 0.05) is 18.3 Å². The standard InChI is InChI=1S/C19H20F3N3O3/c1-25(8-9-28-15-5-2-13(20)3-6-15)12-19(27)23-11-18(26)24-14-4-7-16(21)17(22)10-14/h2-7,10H,8-9,11-12H2,1H3,(H,23,27)(H,24,26). The molecule has 0 heterocycles. The van der Waals surface area contributed by atoms with Crippen molar-refractivity contribution >= 4 is 17.5 Å². The Labute approximate surface area is 160 Å². The zero-order chi connectivity index (χ0) is 20.5. The van der Waals surface area contributed by atoms with Crippen LogP contribution in [0.25, 0.3) is 0 Å². The maximum atomic E-state index is 13.1. The molecule has 6 nitrogen and oxygen atoms in total. The number of carbonyl (C=O) groups excluding carboxylic acids is 2. The zero-order valence-corrected chi connectivity index (χ0v) is 15.2. The predicted molar refractivity (Wildman–Crippen MR) is 97.4 cm³/mol. The highest BCUT2D eigenvalue weighted by Crippen LogP contribution is 2.13. The van der Waals surface area contributed by atoms with Gasteiger partial charge in [-0.05, 0) is 43.4 Å². The third-order valence-electron chi connectivity index (χ3n) is 3.62. The smallest absolute Gasteiger partial charge is 0.243 e. The number of nitrogens with one attached hydrogen (secondary N) is 2. The molecule has 0 aliphatic rings. The van der Waals surface area contributed by atoms with Crippen molar-refractivity contribution in [3.63, 3.8) is 0 Å². The Morgan fingerprint density at radius 1 is 1.00 bits per heavy atom. The Bertz CT molecular complexity index is 816. The Kier molecular flexibility index (Phi) is 7.82. The summed E-state index contributed by atoms with van der Waals surface area (Å²) in [5, 5.41) is 4.79. The molecule has 2 amide bonds. The molecule has 0 fully saturated rings. The number of rotatable bonds is 9. The quantitative estimate of drug-likeness (QED) is 0.683. The van der Waals surface area contributed by atoms with E-state index in [4.69, 9.17) is 4.74 Å². The molecule has 9 heteroatoms. The highest BCUT2D eigenvalue weighted by Gasteiger charge is 2.10. The first-order valence-electron chi connectivity index (χ1n) is 8.42. The fourth-order valence-corrected chi connectivity index (χ4v) is 2.19. The summed E-state index contributed by atoms with van der Waals surface area (Å²) >= 11 is 0. The minimum atomic E-state index is -1.08. The fourth-order valence-electron chi connectivity index (χ4n) is 2.19. The molecule has 150 valence electrons. The van der Waals surface area contributed by atoms with Gasteiger partial charge < -0.3 is 15.4 Å². The van der Waals surface area contributed by atoms with E-state index in [-0.39, 0.29) is 30.5 Å². The van der Waals surface area contributed by atoms with E-state index in [1.54, 1.807) is 11.9 Å². The van der Waals surface area contributed by atoms with Gasteiger partial charge in [-0.1, -0.05) is 0 Å². The Morgan fingerprint density at radius 3 is 2.39 bits per heavy atom. The van der Waals surface area contributed by atoms with Crippen LogP contribution >= 0.6 is 0 Å². The number of hydrogen-bond donors (Lipinski definition) is 2. The Morgan fingerprint density at radius 2 is 1.71 bits per heavy atom. The molecule has 0 atom stereocenters. The van der Waals surface area contributed by atoms with E-state index in [1.807, 2.05) is 0 Å². The first kappa shape index (κ1) is 21.2. The minimum absolute atomic E-state index is 0.0330. The number of carbonyl (C=O) groups is 2. The molecule has 0 radical (unpaired) electrons. The van der Waals surface area contributed by atoms with Crippen LogP contribution in [-0.4, -0.2) is 50.0 Å². The van der Waals surface area contributed by atoms with Gasteiger partial charge in [-0.25, -0.2) is 13.2 Å². The lowest BCUT2D eigenvalue weighted by Gasteiger charge is -2.16. The largest absolute Gasteiger partial charge is 0.492 e. The first-order valence-corrected chi connectivity index (χ1v) is 8.42. The number of hydrogen-bond acceptors (Lipinski definition) is 4. The summed E-state index contributed by atoms with van der Waals surface area (Å²) in [4.78, 5) is 25.3. The topological polar surface area (TPSA) is 70.7 Å². The highest BCUT2D eigenvalue weighted by molar-refractivity contribution is 5.94. The van der Waals surface area contributed by atoms with Crippen LogP contribution < -0.4 is 15.4 Å². The van der Waals surface area contributed by atoms with E-state index >= 15 is 0 Å². The van der Waals surface area contributed by atoms with Gasteiger partial charge in [-0.15, -0.1) is 0 Å². The molecule has 0 aliphatic carbocycles. The summed E-state index contributed by atoms with van der Waals surface area (Å²) in [6.07, 6.45) is 0. The third kappa shape index (κ3) is 7.28. The van der Waals surface area contributed by atoms with Gasteiger partial charge in [0.15, 0.2) is 11.6 Å². The second-order valence-corrected chi connectivity index (χ2v) is 5.99. The van der Waals surface area contributed by atoms with Crippen molar-refractivity contribution < 1.29 is 27.5 Å². The second kappa shape index (κ2) is 10.3. The predicted octanol–water partition coefficient (Wildman–Crippen LogP) is 2.17. The molecule has 2 aromatic carbocycles. The lowest BCUT2D eigenvalue weighted by Crippen LogP contribution is -2.40. The molecule has 0 unspecified atom stereocenters. The van der Waals surface area contributed by atoms with Gasteiger partial charge in [-0.3, -0.25) is 14.5 Å². The third-order valence-corrected chi connectivity index (χ3v) is 3.62. The molecular weight excluding hydrogens is 375 g/mol. The van der Waals surface area contributed by atoms with Gasteiger partial charge in [0.25, 0.3) is 0 Å². The van der Waals surface area contributed by atoms with Crippen molar-refractivity contribution in [2.45, 2.75) is 0 Å². The Hall–Kier alpha value is -3.07. The number of anilines is 1. The molecule has 0 bridgehead atoms. The van der Waals surface area contributed by atoms with Crippen molar-refractivity contribution in [1.29, 1.82) is 0 Å². The number of nitrogens with zero attached hydrogens (tertiary/aromatic N) is 1. The van der Waals surface area contributed by atoms with E-state index in [0.717, 1.165) is 12.1 Å². The molecule has 0 aliphatic heterocycles. The molecule has 0 spiro atoms. The monoisotopic (exact) mass is 395 g/mol. The van der Waals surface area contributed by atoms with E-state index in [0.29, 0.717) is 18.9 Å². The van der Waals surface area contributed by atoms with Crippen molar-refractivity contribution in [2.24, 2.45) is 0 Å². The Balaban J connectivity index is 1.64. The van der Waals surface area contributed by atoms with Crippen molar-refractivity contribution in [1.82, 2.24) is 10.2 Å². The SMILES string of the molecule is CN(CCOc1ccc(F)cc1)CC(=O)NCC(=O)Nc1ccc(F)c(F)c1. The average Bonchev–Trinajstić information content (AvgIpc) is 2.65. The van der Waals surface area contributed by atoms with Crippen LogP contribution in [0.3, 0.4) is 0 Å². The zero-order valence-electron chi connectivity index (χ0n) is 15.2. The van der Waals surface area contributed by atoms with Crippen molar-refractivity contribution in [3.8, 4) is 5.75 Å². The van der Waals surface area contributed by atoms with Crippen LogP contribution in [-0.2, 0) is 9.59 Å². The van der Waals surface area contributed by atoms with Crippen molar-refractivity contribution in [2.75, 3.05) is 38.6 Å². The number of halogens is 3. The summed E-state index contributed by atoms with van der Waals surface area (Å²) in [7, 11) is 1.70. The van der Waals surface area contributed by atoms with Gasteiger partial charge in [0.1, 0.15) is 18.2 Å². The first-order chi connectivity index (χ1) is 13.3. The van der Waals surface area contributed by atoms with Gasteiger partial charge in [0.05, 0.1) is 13.1 Å². The highest BCUT2D eigenvalue weighted by atomic mass is 19.2. The maximum absolute atomic E-state index is 13.1. The van der Waals surface area contributed by atoms with Gasteiger partial charge in [0.2, 0.25) is 11.8 Å². The normalized spacial score (nSPS) is 10.6. The molecule has 0 saturated carbocycles. The molecule has 2 N–H and O–H groups in total. The second-order valence-electron chi connectivity index (χ2n) is 5.99. The summed E-state index contributed by atoms with van der Waals surface area (Å²) < 4.78 is 44.2. The maximum Gasteiger partial charge on any atom is 0.243 e. The van der Waals surface area contributed by atoms with Crippen LogP contribution in [0.15, 0.2) is 42.5 Å². The lowest BCUT2D eigenvalue weighted by atomic mass is 10.3. The van der Waals surface area contributed by atoms with Crippen LogP contribution in [0.2, 0.25) is 0 Å². The summed E-state index contributed by atoms with van der Waals surface area (Å²) in [5.74, 6) is -2.88. The molecular formula is C19H20F3N3O3. The van der Waals surface area contributed by atoms with Crippen LogP contribution in [0.5, 0.6) is 5.75 Å². The molecule has 0 aromatic heterocycles. The minimum Gasteiger partial charge on any atom is -0.492 e. The number of ether oxygens (including phenoxy) is 1. The molecule has 0 saturated heterocycles.